The first-order chi connectivity index (χ1) is 11.9. The molecule has 3 aromatic carbocycles. The summed E-state index contributed by atoms with van der Waals surface area (Å²) in [6.07, 6.45) is 9.37. The van der Waals surface area contributed by atoms with Crippen molar-refractivity contribution in [1.29, 1.82) is 0 Å². The predicted octanol–water partition coefficient (Wildman–Crippen LogP) is 6.70. The fourth-order valence-electron chi connectivity index (χ4n) is 2.80. The molecular formula is C24H22. The van der Waals surface area contributed by atoms with Crippen molar-refractivity contribution in [3.8, 4) is 22.3 Å². The molecule has 0 N–H and O–H groups in total. The first-order valence-electron chi connectivity index (χ1n) is 8.39. The van der Waals surface area contributed by atoms with Gasteiger partial charge in [-0.2, -0.15) is 0 Å². The average Bonchev–Trinajstić information content (AvgIpc) is 2.66. The second-order valence-corrected chi connectivity index (χ2v) is 5.81. The van der Waals surface area contributed by atoms with Gasteiger partial charge in [0.05, 0.1) is 0 Å². The van der Waals surface area contributed by atoms with Gasteiger partial charge in [-0.3, -0.25) is 0 Å². The summed E-state index contributed by atoms with van der Waals surface area (Å²) in [6, 6.07) is 28.0. The van der Waals surface area contributed by atoms with Crippen LogP contribution in [0.4, 0.5) is 0 Å². The third-order valence-corrected chi connectivity index (χ3v) is 4.00. The molecule has 0 spiro atoms. The smallest absolute Gasteiger partial charge is 0.00939 e. The highest BCUT2D eigenvalue weighted by molar-refractivity contribution is 5.74. The van der Waals surface area contributed by atoms with Crippen molar-refractivity contribution >= 4 is 0 Å². The molecular weight excluding hydrogens is 288 g/mol. The number of benzene rings is 3. The van der Waals surface area contributed by atoms with E-state index in [4.69, 9.17) is 0 Å². The molecule has 0 saturated heterocycles. The Kier molecular flexibility index (Phi) is 5.42. The molecule has 3 aromatic rings. The van der Waals surface area contributed by atoms with Crippen LogP contribution in [0, 0.1) is 0 Å². The summed E-state index contributed by atoms with van der Waals surface area (Å²) < 4.78 is 0. The van der Waals surface area contributed by atoms with Crippen molar-refractivity contribution in [3.63, 3.8) is 0 Å². The van der Waals surface area contributed by atoms with Crippen molar-refractivity contribution in [2.45, 2.75) is 13.3 Å². The molecule has 24 heavy (non-hydrogen) atoms. The Bertz CT molecular complexity index is 767. The molecule has 0 aliphatic heterocycles. The molecule has 0 aliphatic rings. The monoisotopic (exact) mass is 310 g/mol. The lowest BCUT2D eigenvalue weighted by atomic mass is 9.95. The zero-order valence-electron chi connectivity index (χ0n) is 14.0. The summed E-state index contributed by atoms with van der Waals surface area (Å²) in [5.74, 6) is 0. The molecule has 3 rings (SSSR count). The maximum atomic E-state index is 2.29. The molecule has 0 saturated carbocycles. The van der Waals surface area contributed by atoms with Gasteiger partial charge in [0.25, 0.3) is 0 Å². The molecule has 0 radical (unpaired) electrons. The van der Waals surface area contributed by atoms with E-state index >= 15 is 0 Å². The summed E-state index contributed by atoms with van der Waals surface area (Å²) in [7, 11) is 0. The normalized spacial score (nSPS) is 11.4. The van der Waals surface area contributed by atoms with E-state index in [0.717, 1.165) is 6.42 Å². The Morgan fingerprint density at radius 3 is 1.67 bits per heavy atom. The van der Waals surface area contributed by atoms with E-state index in [-0.39, 0.29) is 0 Å². The first-order valence-corrected chi connectivity index (χ1v) is 8.39. The van der Waals surface area contributed by atoms with Crippen LogP contribution in [0.2, 0.25) is 0 Å². The van der Waals surface area contributed by atoms with Gasteiger partial charge in [-0.15, -0.1) is 0 Å². The van der Waals surface area contributed by atoms with Gasteiger partial charge >= 0.3 is 0 Å². The molecule has 0 aliphatic carbocycles. The predicted molar refractivity (Wildman–Crippen MR) is 105 cm³/mol. The van der Waals surface area contributed by atoms with Gasteiger partial charge in [0.15, 0.2) is 0 Å². The van der Waals surface area contributed by atoms with E-state index in [1.807, 2.05) is 13.0 Å². The van der Waals surface area contributed by atoms with E-state index < -0.39 is 0 Å². The summed E-state index contributed by atoms with van der Waals surface area (Å²) in [5.41, 5.74) is 6.39. The molecule has 0 unspecified atom stereocenters. The maximum absolute atomic E-state index is 2.29. The lowest BCUT2D eigenvalue weighted by Crippen LogP contribution is -1.88. The molecule has 0 heterocycles. The highest BCUT2D eigenvalue weighted by Gasteiger charge is 2.04. The third-order valence-electron chi connectivity index (χ3n) is 4.00. The molecule has 0 bridgehead atoms. The van der Waals surface area contributed by atoms with Gasteiger partial charge in [0, 0.05) is 0 Å². The SMILES string of the molecule is C/C=C\C=C/Cc1cc(-c2ccccc2)cc(-c2ccccc2)c1. The molecule has 0 fully saturated rings. The molecule has 0 amide bonds. The topological polar surface area (TPSA) is 0 Å². The second-order valence-electron chi connectivity index (χ2n) is 5.81. The van der Waals surface area contributed by atoms with Crippen LogP contribution in [0.15, 0.2) is 103 Å². The van der Waals surface area contributed by atoms with Gasteiger partial charge in [0.1, 0.15) is 0 Å². The largest absolute Gasteiger partial charge is 0.0877 e. The van der Waals surface area contributed by atoms with Crippen molar-refractivity contribution in [2.75, 3.05) is 0 Å². The minimum Gasteiger partial charge on any atom is -0.0877 e. The van der Waals surface area contributed by atoms with E-state index in [0.29, 0.717) is 0 Å². The van der Waals surface area contributed by atoms with Gasteiger partial charge in [0.2, 0.25) is 0 Å². The Balaban J connectivity index is 2.02. The Morgan fingerprint density at radius 1 is 0.625 bits per heavy atom. The minimum atomic E-state index is 0.935. The molecule has 0 nitrogen and oxygen atoms in total. The summed E-state index contributed by atoms with van der Waals surface area (Å²) >= 11 is 0. The summed E-state index contributed by atoms with van der Waals surface area (Å²) in [6.45, 7) is 2.04. The van der Waals surface area contributed by atoms with Crippen LogP contribution in [0.25, 0.3) is 22.3 Å². The van der Waals surface area contributed by atoms with Crippen molar-refractivity contribution in [2.24, 2.45) is 0 Å². The molecule has 0 heteroatoms. The zero-order chi connectivity index (χ0) is 16.6. The number of hydrogen-bond donors (Lipinski definition) is 0. The van der Waals surface area contributed by atoms with Gasteiger partial charge in [-0.1, -0.05) is 97.1 Å². The minimum absolute atomic E-state index is 0.935. The average molecular weight is 310 g/mol. The highest BCUT2D eigenvalue weighted by atomic mass is 14.1. The third kappa shape index (κ3) is 4.11. The number of allylic oxidation sites excluding steroid dienone is 4. The van der Waals surface area contributed by atoms with Gasteiger partial charge < -0.3 is 0 Å². The van der Waals surface area contributed by atoms with Gasteiger partial charge in [-0.25, -0.2) is 0 Å². The molecule has 0 atom stereocenters. The van der Waals surface area contributed by atoms with Crippen LogP contribution in [-0.2, 0) is 6.42 Å². The Morgan fingerprint density at radius 2 is 1.17 bits per heavy atom. The number of rotatable bonds is 5. The maximum Gasteiger partial charge on any atom is -0.00939 e. The summed E-state index contributed by atoms with van der Waals surface area (Å²) in [5, 5.41) is 0. The first kappa shape index (κ1) is 16.0. The molecule has 0 aromatic heterocycles. The number of hydrogen-bond acceptors (Lipinski definition) is 0. The zero-order valence-corrected chi connectivity index (χ0v) is 14.0. The quantitative estimate of drug-likeness (QED) is 0.460. The lowest BCUT2D eigenvalue weighted by Gasteiger charge is -2.10. The highest BCUT2D eigenvalue weighted by Crippen LogP contribution is 2.28. The van der Waals surface area contributed by atoms with Crippen LogP contribution >= 0.6 is 0 Å². The summed E-state index contributed by atoms with van der Waals surface area (Å²) in [4.78, 5) is 0. The van der Waals surface area contributed by atoms with Crippen molar-refractivity contribution < 1.29 is 0 Å². The van der Waals surface area contributed by atoms with Crippen LogP contribution in [0.1, 0.15) is 12.5 Å². The van der Waals surface area contributed by atoms with Crippen LogP contribution in [-0.4, -0.2) is 0 Å². The van der Waals surface area contributed by atoms with Crippen LogP contribution < -0.4 is 0 Å². The lowest BCUT2D eigenvalue weighted by molar-refractivity contribution is 1.27. The fraction of sp³-hybridized carbons (Fsp3) is 0.0833. The fourth-order valence-corrected chi connectivity index (χ4v) is 2.80. The van der Waals surface area contributed by atoms with Crippen LogP contribution in [0.3, 0.4) is 0 Å². The Labute approximate surface area is 144 Å². The Hall–Kier alpha value is -2.86. The van der Waals surface area contributed by atoms with Crippen molar-refractivity contribution in [3.05, 3.63) is 109 Å². The standard InChI is InChI=1S/C24H22/c1-2-3-4-7-12-20-17-23(21-13-8-5-9-14-21)19-24(18-20)22-15-10-6-11-16-22/h2-11,13-19H,12H2,1H3/b3-2-,7-4-. The van der Waals surface area contributed by atoms with E-state index in [2.05, 4.69) is 97.1 Å². The second kappa shape index (κ2) is 8.12. The van der Waals surface area contributed by atoms with Gasteiger partial charge in [-0.05, 0) is 47.2 Å². The van der Waals surface area contributed by atoms with E-state index in [1.165, 1.54) is 27.8 Å². The molecule has 118 valence electrons. The van der Waals surface area contributed by atoms with Crippen molar-refractivity contribution in [1.82, 2.24) is 0 Å². The van der Waals surface area contributed by atoms with Crippen LogP contribution in [0.5, 0.6) is 0 Å². The van der Waals surface area contributed by atoms with E-state index in [1.54, 1.807) is 0 Å². The van der Waals surface area contributed by atoms with E-state index in [9.17, 15) is 0 Å².